The molecule has 288 valence electrons. The van der Waals surface area contributed by atoms with Gasteiger partial charge in [0.15, 0.2) is 0 Å². The van der Waals surface area contributed by atoms with E-state index in [1.54, 1.807) is 0 Å². The number of hydrogen-bond donors (Lipinski definition) is 2. The zero-order valence-electron chi connectivity index (χ0n) is 30.9. The normalized spacial score (nSPS) is 20.6. The Morgan fingerprint density at radius 2 is 1.16 bits per heavy atom. The number of aliphatic hydroxyl groups excluding tert-OH is 2. The van der Waals surface area contributed by atoms with E-state index in [2.05, 4.69) is 0 Å². The first-order chi connectivity index (χ1) is 27.0. The van der Waals surface area contributed by atoms with Crippen molar-refractivity contribution in [2.75, 3.05) is 26.4 Å². The topological polar surface area (TPSA) is 95.8 Å². The van der Waals surface area contributed by atoms with Crippen LogP contribution in [0.3, 0.4) is 0 Å². The van der Waals surface area contributed by atoms with Gasteiger partial charge in [0.05, 0.1) is 45.7 Å². The second-order valence-corrected chi connectivity index (χ2v) is 14.7. The van der Waals surface area contributed by atoms with Crippen molar-refractivity contribution >= 4 is 11.6 Å². The fraction of sp³-hybridized carbons (Fsp3) is 0.348. The van der Waals surface area contributed by atoms with Gasteiger partial charge in [-0.3, -0.25) is 0 Å². The van der Waals surface area contributed by atoms with Crippen molar-refractivity contribution < 1.29 is 38.6 Å². The number of aliphatic hydroxyl groups is 2. The average molecular weight is 765 g/mol. The first-order valence-corrected chi connectivity index (χ1v) is 19.4. The summed E-state index contributed by atoms with van der Waals surface area (Å²) in [6.45, 7) is 0.793. The van der Waals surface area contributed by atoms with Crippen LogP contribution in [0.2, 0.25) is 5.02 Å². The van der Waals surface area contributed by atoms with E-state index in [1.807, 2.05) is 133 Å². The lowest BCUT2D eigenvalue weighted by molar-refractivity contribution is -0.318. The predicted octanol–water partition coefficient (Wildman–Crippen LogP) is 8.04. The van der Waals surface area contributed by atoms with Gasteiger partial charge in [0.1, 0.15) is 42.4 Å². The zero-order chi connectivity index (χ0) is 37.9. The molecule has 5 aromatic carbocycles. The zero-order valence-corrected chi connectivity index (χ0v) is 31.6. The monoisotopic (exact) mass is 764 g/mol. The van der Waals surface area contributed by atoms with Crippen molar-refractivity contribution in [1.29, 1.82) is 0 Å². The second-order valence-electron chi connectivity index (χ2n) is 14.2. The molecule has 0 amide bonds. The molecule has 2 aliphatic rings. The van der Waals surface area contributed by atoms with Crippen molar-refractivity contribution in [2.45, 2.75) is 75.2 Å². The molecule has 5 aromatic rings. The van der Waals surface area contributed by atoms with E-state index in [4.69, 9.17) is 40.0 Å². The van der Waals surface area contributed by atoms with Gasteiger partial charge >= 0.3 is 0 Å². The number of benzene rings is 5. The first-order valence-electron chi connectivity index (χ1n) is 19.0. The highest BCUT2D eigenvalue weighted by molar-refractivity contribution is 6.31. The SMILES string of the molecule is OCC1(CO)OC(c2ccc(Cl)c(Cc3ccc(OCCOC4CC4)cc3)c2)[C@H](OCc2ccccc2)C(OCc2ccccc2)[C@@H]1OCc1ccccc1. The number of hydrogen-bond acceptors (Lipinski definition) is 8. The molecule has 0 spiro atoms. The van der Waals surface area contributed by atoms with E-state index in [9.17, 15) is 10.2 Å². The summed E-state index contributed by atoms with van der Waals surface area (Å²) in [4.78, 5) is 0. The maximum Gasteiger partial charge on any atom is 0.144 e. The number of ether oxygens (including phenoxy) is 6. The Balaban J connectivity index is 1.19. The van der Waals surface area contributed by atoms with Crippen molar-refractivity contribution in [2.24, 2.45) is 0 Å². The van der Waals surface area contributed by atoms with Crippen LogP contribution in [0.15, 0.2) is 133 Å². The molecule has 1 saturated heterocycles. The van der Waals surface area contributed by atoms with Crippen molar-refractivity contribution in [1.82, 2.24) is 0 Å². The van der Waals surface area contributed by atoms with E-state index in [0.29, 0.717) is 30.8 Å². The van der Waals surface area contributed by atoms with Crippen LogP contribution >= 0.6 is 11.6 Å². The number of rotatable bonds is 19. The smallest absolute Gasteiger partial charge is 0.144 e. The van der Waals surface area contributed by atoms with Crippen LogP contribution in [-0.4, -0.2) is 66.7 Å². The minimum absolute atomic E-state index is 0.209. The Morgan fingerprint density at radius 1 is 0.600 bits per heavy atom. The van der Waals surface area contributed by atoms with Crippen molar-refractivity contribution in [3.05, 3.63) is 172 Å². The highest BCUT2D eigenvalue weighted by Crippen LogP contribution is 2.44. The first kappa shape index (κ1) is 39.2. The van der Waals surface area contributed by atoms with Gasteiger partial charge in [0.2, 0.25) is 0 Å². The van der Waals surface area contributed by atoms with E-state index < -0.39 is 43.2 Å². The Kier molecular flexibility index (Phi) is 13.7. The Morgan fingerprint density at radius 3 is 1.73 bits per heavy atom. The molecule has 1 heterocycles. The van der Waals surface area contributed by atoms with Crippen molar-refractivity contribution in [3.63, 3.8) is 0 Å². The lowest BCUT2D eigenvalue weighted by Gasteiger charge is -2.52. The standard InChI is InChI=1S/C46H49ClO8/c47-41-23-18-37(27-38(41)26-33-16-19-39(20-17-33)50-24-25-51-40-21-22-40)42-43(52-28-34-10-4-1-5-11-34)44(53-29-35-12-6-2-7-13-35)45(46(31-48,32-49)55-42)54-30-36-14-8-3-9-15-36/h1-20,23,27,40,42-45,48-49H,21-22,24-26,28-32H2/t42?,43-,44?,45-/m0/s1. The summed E-state index contributed by atoms with van der Waals surface area (Å²) >= 11 is 6.85. The third-order valence-electron chi connectivity index (χ3n) is 10.1. The van der Waals surface area contributed by atoms with Crippen LogP contribution in [0, 0.1) is 0 Å². The molecule has 0 bridgehead atoms. The minimum Gasteiger partial charge on any atom is -0.491 e. The van der Waals surface area contributed by atoms with Crippen LogP contribution in [0.4, 0.5) is 0 Å². The molecule has 2 fully saturated rings. The Bertz CT molecular complexity index is 1880. The Hall–Kier alpha value is -4.09. The highest BCUT2D eigenvalue weighted by Gasteiger charge is 2.57. The second kappa shape index (κ2) is 19.2. The summed E-state index contributed by atoms with van der Waals surface area (Å²) in [5, 5.41) is 22.8. The summed E-state index contributed by atoms with van der Waals surface area (Å²) in [7, 11) is 0. The molecule has 1 aliphatic carbocycles. The van der Waals surface area contributed by atoms with Crippen molar-refractivity contribution in [3.8, 4) is 5.75 Å². The van der Waals surface area contributed by atoms with Gasteiger partial charge in [0, 0.05) is 5.02 Å². The van der Waals surface area contributed by atoms with Gasteiger partial charge in [-0.25, -0.2) is 0 Å². The van der Waals surface area contributed by atoms with E-state index >= 15 is 0 Å². The molecule has 2 unspecified atom stereocenters. The molecule has 9 heteroatoms. The van der Waals surface area contributed by atoms with Crippen LogP contribution in [0.25, 0.3) is 0 Å². The average Bonchev–Trinajstić information content (AvgIpc) is 4.07. The predicted molar refractivity (Wildman–Crippen MR) is 211 cm³/mol. The summed E-state index contributed by atoms with van der Waals surface area (Å²) in [5.41, 5.74) is 4.05. The highest BCUT2D eigenvalue weighted by atomic mass is 35.5. The van der Waals surface area contributed by atoms with E-state index in [-0.39, 0.29) is 19.8 Å². The van der Waals surface area contributed by atoms with Crippen LogP contribution in [0.1, 0.15) is 52.3 Å². The fourth-order valence-electron chi connectivity index (χ4n) is 6.94. The molecular formula is C46H49ClO8. The van der Waals surface area contributed by atoms with Gasteiger partial charge in [-0.1, -0.05) is 127 Å². The molecular weight excluding hydrogens is 716 g/mol. The van der Waals surface area contributed by atoms with Gasteiger partial charge < -0.3 is 38.6 Å². The van der Waals surface area contributed by atoms with E-state index in [0.717, 1.165) is 52.0 Å². The fourth-order valence-corrected chi connectivity index (χ4v) is 7.12. The van der Waals surface area contributed by atoms with Crippen LogP contribution < -0.4 is 4.74 Å². The van der Waals surface area contributed by atoms with Gasteiger partial charge in [0.25, 0.3) is 0 Å². The Labute approximate surface area is 328 Å². The molecule has 0 radical (unpaired) electrons. The van der Waals surface area contributed by atoms with Crippen LogP contribution in [-0.2, 0) is 49.9 Å². The minimum atomic E-state index is -1.53. The third kappa shape index (κ3) is 10.4. The molecule has 1 aliphatic heterocycles. The lowest BCUT2D eigenvalue weighted by Crippen LogP contribution is -2.66. The van der Waals surface area contributed by atoms with E-state index in [1.165, 1.54) is 0 Å². The molecule has 0 aromatic heterocycles. The summed E-state index contributed by atoms with van der Waals surface area (Å²) < 4.78 is 38.7. The number of halogens is 1. The molecule has 8 nitrogen and oxygen atoms in total. The molecule has 1 saturated carbocycles. The lowest BCUT2D eigenvalue weighted by atomic mass is 9.82. The maximum atomic E-state index is 11.1. The molecule has 2 N–H and O–H groups in total. The summed E-state index contributed by atoms with van der Waals surface area (Å²) in [6.07, 6.45) is 0.0773. The third-order valence-corrected chi connectivity index (χ3v) is 10.5. The van der Waals surface area contributed by atoms with Gasteiger partial charge in [-0.15, -0.1) is 0 Å². The quantitative estimate of drug-likeness (QED) is 0.0817. The van der Waals surface area contributed by atoms with Gasteiger partial charge in [-0.2, -0.15) is 0 Å². The molecule has 7 rings (SSSR count). The largest absolute Gasteiger partial charge is 0.491 e. The molecule has 55 heavy (non-hydrogen) atoms. The maximum absolute atomic E-state index is 11.1. The van der Waals surface area contributed by atoms with Crippen LogP contribution in [0.5, 0.6) is 5.75 Å². The van der Waals surface area contributed by atoms with Gasteiger partial charge in [-0.05, 0) is 70.8 Å². The molecule has 4 atom stereocenters. The summed E-state index contributed by atoms with van der Waals surface area (Å²) in [6, 6.07) is 43.3. The summed E-state index contributed by atoms with van der Waals surface area (Å²) in [5.74, 6) is 0.784.